The highest BCUT2D eigenvalue weighted by molar-refractivity contribution is 5.94. The quantitative estimate of drug-likeness (QED) is 0.295. The van der Waals surface area contributed by atoms with Crippen LogP contribution in [0.3, 0.4) is 0 Å². The molecule has 4 aromatic rings. The SMILES string of the molecule is C[C@@H](NC(=O)[C@@H]1CCCN1)C1=NNC(CCc2c[nH]c3ccccc23)N1Cc1cccc2ccccc12. The highest BCUT2D eigenvalue weighted by Crippen LogP contribution is 2.25. The molecule has 7 heteroatoms. The highest BCUT2D eigenvalue weighted by atomic mass is 16.2. The van der Waals surface area contributed by atoms with Crippen LogP contribution >= 0.6 is 0 Å². The van der Waals surface area contributed by atoms with Crippen LogP contribution in [0.5, 0.6) is 0 Å². The molecule has 0 spiro atoms. The summed E-state index contributed by atoms with van der Waals surface area (Å²) in [6.07, 6.45) is 5.89. The van der Waals surface area contributed by atoms with Crippen LogP contribution in [0.4, 0.5) is 0 Å². The summed E-state index contributed by atoms with van der Waals surface area (Å²) in [6, 6.07) is 23.1. The molecule has 1 fully saturated rings. The number of aromatic amines is 1. The molecule has 0 saturated carbocycles. The normalized spacial score (nSPS) is 20.2. The van der Waals surface area contributed by atoms with Gasteiger partial charge in [0.15, 0.2) is 0 Å². The van der Waals surface area contributed by atoms with Crippen LogP contribution in [0.2, 0.25) is 0 Å². The Kier molecular flexibility index (Phi) is 6.53. The number of nitrogens with zero attached hydrogens (tertiary/aromatic N) is 2. The Bertz CT molecular complexity index is 1430. The predicted molar refractivity (Wildman–Crippen MR) is 149 cm³/mol. The van der Waals surface area contributed by atoms with Crippen LogP contribution in [-0.4, -0.2) is 46.4 Å². The van der Waals surface area contributed by atoms with E-state index in [-0.39, 0.29) is 24.2 Å². The molecule has 37 heavy (non-hydrogen) atoms. The summed E-state index contributed by atoms with van der Waals surface area (Å²) in [6.45, 7) is 3.65. The highest BCUT2D eigenvalue weighted by Gasteiger charge is 2.33. The average molecular weight is 495 g/mol. The lowest BCUT2D eigenvalue weighted by atomic mass is 10.0. The second kappa shape index (κ2) is 10.3. The van der Waals surface area contributed by atoms with Crippen molar-refractivity contribution in [3.8, 4) is 0 Å². The first-order valence-corrected chi connectivity index (χ1v) is 13.3. The fourth-order valence-corrected chi connectivity index (χ4v) is 5.72. The van der Waals surface area contributed by atoms with Crippen molar-refractivity contribution in [3.05, 3.63) is 84.1 Å². The van der Waals surface area contributed by atoms with Crippen LogP contribution in [0.15, 0.2) is 78.0 Å². The number of aromatic nitrogens is 1. The summed E-state index contributed by atoms with van der Waals surface area (Å²) < 4.78 is 0. The summed E-state index contributed by atoms with van der Waals surface area (Å²) in [5.74, 6) is 0.934. The number of hydrazone groups is 1. The molecule has 1 aromatic heterocycles. The molecule has 1 amide bonds. The molecule has 7 nitrogen and oxygen atoms in total. The average Bonchev–Trinajstić information content (AvgIpc) is 3.68. The molecular formula is C30H34N6O. The molecule has 1 unspecified atom stereocenters. The largest absolute Gasteiger partial charge is 0.361 e. The molecule has 0 radical (unpaired) electrons. The van der Waals surface area contributed by atoms with Gasteiger partial charge in [-0.1, -0.05) is 60.7 Å². The minimum atomic E-state index is -0.199. The van der Waals surface area contributed by atoms with Gasteiger partial charge in [0.1, 0.15) is 12.0 Å². The van der Waals surface area contributed by atoms with Crippen LogP contribution in [0, 0.1) is 0 Å². The summed E-state index contributed by atoms with van der Waals surface area (Å²) in [5.41, 5.74) is 7.12. The van der Waals surface area contributed by atoms with Gasteiger partial charge in [0, 0.05) is 23.6 Å². The Balaban J connectivity index is 1.24. The second-order valence-corrected chi connectivity index (χ2v) is 10.2. The van der Waals surface area contributed by atoms with Gasteiger partial charge < -0.3 is 20.5 Å². The van der Waals surface area contributed by atoms with Gasteiger partial charge in [-0.15, -0.1) is 0 Å². The second-order valence-electron chi connectivity index (χ2n) is 10.2. The van der Waals surface area contributed by atoms with Gasteiger partial charge in [-0.2, -0.15) is 5.10 Å². The lowest BCUT2D eigenvalue weighted by Crippen LogP contribution is -2.51. The van der Waals surface area contributed by atoms with Crippen LogP contribution in [-0.2, 0) is 17.8 Å². The van der Waals surface area contributed by atoms with Gasteiger partial charge in [0.25, 0.3) is 0 Å². The Labute approximate surface area is 217 Å². The number of benzene rings is 3. The molecule has 3 aromatic carbocycles. The Morgan fingerprint density at radius 2 is 1.86 bits per heavy atom. The van der Waals surface area contributed by atoms with Gasteiger partial charge in [-0.25, -0.2) is 0 Å². The number of rotatable bonds is 8. The molecule has 2 aliphatic heterocycles. The number of hydrogen-bond donors (Lipinski definition) is 4. The molecule has 3 atom stereocenters. The topological polar surface area (TPSA) is 84.5 Å². The van der Waals surface area contributed by atoms with Crippen LogP contribution in [0.25, 0.3) is 21.7 Å². The van der Waals surface area contributed by atoms with Gasteiger partial charge in [0.2, 0.25) is 5.91 Å². The number of nitrogens with one attached hydrogen (secondary N) is 4. The number of fused-ring (bicyclic) bond motifs is 2. The number of hydrogen-bond acceptors (Lipinski definition) is 5. The van der Waals surface area contributed by atoms with Crippen LogP contribution < -0.4 is 16.1 Å². The predicted octanol–water partition coefficient (Wildman–Crippen LogP) is 4.26. The van der Waals surface area contributed by atoms with E-state index in [1.165, 1.54) is 32.8 Å². The van der Waals surface area contributed by atoms with Gasteiger partial charge in [-0.05, 0) is 67.1 Å². The zero-order valence-electron chi connectivity index (χ0n) is 21.2. The maximum absolute atomic E-state index is 12.9. The van der Waals surface area contributed by atoms with E-state index in [0.717, 1.165) is 38.1 Å². The minimum Gasteiger partial charge on any atom is -0.361 e. The molecule has 4 N–H and O–H groups in total. The number of aryl methyl sites for hydroxylation is 1. The summed E-state index contributed by atoms with van der Waals surface area (Å²) in [7, 11) is 0. The van der Waals surface area contributed by atoms with E-state index >= 15 is 0 Å². The third kappa shape index (κ3) is 4.79. The third-order valence-electron chi connectivity index (χ3n) is 7.70. The molecule has 6 rings (SSSR count). The van der Waals surface area contributed by atoms with Gasteiger partial charge in [-0.3, -0.25) is 10.2 Å². The lowest BCUT2D eigenvalue weighted by Gasteiger charge is -2.30. The van der Waals surface area contributed by atoms with Crippen molar-refractivity contribution in [2.75, 3.05) is 6.54 Å². The van der Waals surface area contributed by atoms with Crippen molar-refractivity contribution in [2.24, 2.45) is 5.10 Å². The first-order chi connectivity index (χ1) is 18.2. The number of H-pyrrole nitrogens is 1. The summed E-state index contributed by atoms with van der Waals surface area (Å²) >= 11 is 0. The van der Waals surface area contributed by atoms with E-state index in [0.29, 0.717) is 6.54 Å². The van der Waals surface area contributed by atoms with E-state index in [1.54, 1.807) is 0 Å². The summed E-state index contributed by atoms with van der Waals surface area (Å²) in [4.78, 5) is 18.6. The van der Waals surface area contributed by atoms with Crippen molar-refractivity contribution in [3.63, 3.8) is 0 Å². The minimum absolute atomic E-state index is 0.0339. The number of amides is 1. The standard InChI is InChI=1S/C30H34N6O/c1-20(33-30(37)27-14-7-17-31-27)29-35-34-28(16-15-22-18-32-26-13-5-4-12-25(22)26)36(29)19-23-10-6-9-21-8-2-3-11-24(21)23/h2-6,8-13,18,20,27-28,31-32,34H,7,14-17,19H2,1H3,(H,33,37)/t20-,27+,28?/m1/s1. The molecule has 0 aliphatic carbocycles. The van der Waals surface area contributed by atoms with Crippen molar-refractivity contribution in [1.29, 1.82) is 0 Å². The van der Waals surface area contributed by atoms with Crippen molar-refractivity contribution in [1.82, 2.24) is 25.9 Å². The number of carbonyl (C=O) groups is 1. The van der Waals surface area contributed by atoms with Gasteiger partial charge >= 0.3 is 0 Å². The van der Waals surface area contributed by atoms with Gasteiger partial charge in [0.05, 0.1) is 12.1 Å². The fraction of sp³-hybridized carbons (Fsp3) is 0.333. The first-order valence-electron chi connectivity index (χ1n) is 13.3. The Morgan fingerprint density at radius 1 is 1.05 bits per heavy atom. The maximum atomic E-state index is 12.9. The van der Waals surface area contributed by atoms with E-state index in [9.17, 15) is 4.79 Å². The molecule has 3 heterocycles. The zero-order chi connectivity index (χ0) is 25.2. The molecule has 0 bridgehead atoms. The van der Waals surface area contributed by atoms with E-state index < -0.39 is 0 Å². The monoisotopic (exact) mass is 494 g/mol. The third-order valence-corrected chi connectivity index (χ3v) is 7.70. The zero-order valence-corrected chi connectivity index (χ0v) is 21.2. The molecule has 190 valence electrons. The van der Waals surface area contributed by atoms with Crippen LogP contribution in [0.1, 0.15) is 37.3 Å². The van der Waals surface area contributed by atoms with E-state index in [4.69, 9.17) is 5.10 Å². The number of amidine groups is 1. The maximum Gasteiger partial charge on any atom is 0.237 e. The smallest absolute Gasteiger partial charge is 0.237 e. The Morgan fingerprint density at radius 3 is 2.73 bits per heavy atom. The molecular weight excluding hydrogens is 460 g/mol. The fourth-order valence-electron chi connectivity index (χ4n) is 5.72. The molecule has 2 aliphatic rings. The van der Waals surface area contributed by atoms with Crippen molar-refractivity contribution < 1.29 is 4.79 Å². The van der Waals surface area contributed by atoms with Crippen molar-refractivity contribution >= 4 is 33.4 Å². The lowest BCUT2D eigenvalue weighted by molar-refractivity contribution is -0.123. The van der Waals surface area contributed by atoms with E-state index in [2.05, 4.69) is 98.9 Å². The number of carbonyl (C=O) groups excluding carboxylic acids is 1. The molecule has 1 saturated heterocycles. The number of para-hydroxylation sites is 1. The first kappa shape index (κ1) is 23.6. The summed E-state index contributed by atoms with van der Waals surface area (Å²) in [5, 5.41) is 15.0. The van der Waals surface area contributed by atoms with E-state index in [1.807, 2.05) is 6.92 Å². The Hall–Kier alpha value is -3.84. The van der Waals surface area contributed by atoms with Crippen molar-refractivity contribution in [2.45, 2.75) is 57.4 Å².